The Kier molecular flexibility index (Phi) is 5.32. The molecule has 2 atom stereocenters. The Morgan fingerprint density at radius 3 is 2.55 bits per heavy atom. The predicted molar refractivity (Wildman–Crippen MR) is 47.8 cm³/mol. The summed E-state index contributed by atoms with van der Waals surface area (Å²) in [5.41, 5.74) is 5.36. The van der Waals surface area contributed by atoms with E-state index in [-0.39, 0.29) is 10.5 Å². The van der Waals surface area contributed by atoms with Gasteiger partial charge in [0.1, 0.15) is 5.25 Å². The van der Waals surface area contributed by atoms with Crippen molar-refractivity contribution >= 4 is 17.7 Å². The molecule has 3 nitrogen and oxygen atoms in total. The fourth-order valence-electron chi connectivity index (χ4n) is 0.665. The average Bonchev–Trinajstić information content (AvgIpc) is 1.99. The van der Waals surface area contributed by atoms with Crippen LogP contribution >= 0.6 is 11.8 Å². The number of hydrogen-bond acceptors (Lipinski definition) is 3. The first kappa shape index (κ1) is 10.8. The molecular weight excluding hydrogens is 162 g/mol. The van der Waals surface area contributed by atoms with E-state index in [1.54, 1.807) is 0 Å². The first-order chi connectivity index (χ1) is 5.11. The van der Waals surface area contributed by atoms with Gasteiger partial charge >= 0.3 is 5.97 Å². The minimum atomic E-state index is -0.738. The largest absolute Gasteiger partial charge is 0.480 e. The van der Waals surface area contributed by atoms with Gasteiger partial charge in [-0.2, -0.15) is 0 Å². The molecule has 0 rings (SSSR count). The van der Waals surface area contributed by atoms with Gasteiger partial charge in [-0.3, -0.25) is 4.79 Å². The zero-order chi connectivity index (χ0) is 8.85. The zero-order valence-electron chi connectivity index (χ0n) is 6.91. The Morgan fingerprint density at radius 1 is 1.73 bits per heavy atom. The monoisotopic (exact) mass is 177 g/mol. The van der Waals surface area contributed by atoms with Crippen LogP contribution in [-0.2, 0) is 4.79 Å². The van der Waals surface area contributed by atoms with E-state index in [4.69, 9.17) is 10.8 Å². The SMILES string of the molecule is CCC(SC(C)CN)C(=O)O. The molecule has 4 heteroatoms. The molecule has 0 aromatic carbocycles. The van der Waals surface area contributed by atoms with Crippen LogP contribution in [0.1, 0.15) is 20.3 Å². The minimum absolute atomic E-state index is 0.232. The smallest absolute Gasteiger partial charge is 0.316 e. The van der Waals surface area contributed by atoms with E-state index in [2.05, 4.69) is 0 Å². The second-order valence-electron chi connectivity index (χ2n) is 2.42. The van der Waals surface area contributed by atoms with Crippen LogP contribution in [0.25, 0.3) is 0 Å². The maximum atomic E-state index is 10.5. The summed E-state index contributed by atoms with van der Waals surface area (Å²) >= 11 is 1.43. The van der Waals surface area contributed by atoms with Crippen molar-refractivity contribution in [3.05, 3.63) is 0 Å². The van der Waals surface area contributed by atoms with Crippen molar-refractivity contribution in [1.82, 2.24) is 0 Å². The summed E-state index contributed by atoms with van der Waals surface area (Å²) in [6.07, 6.45) is 0.657. The van der Waals surface area contributed by atoms with Gasteiger partial charge in [-0.15, -0.1) is 11.8 Å². The molecule has 0 fully saturated rings. The first-order valence-electron chi connectivity index (χ1n) is 3.70. The average molecular weight is 177 g/mol. The molecule has 0 saturated heterocycles. The summed E-state index contributed by atoms with van der Waals surface area (Å²) in [4.78, 5) is 10.5. The third kappa shape index (κ3) is 4.27. The highest BCUT2D eigenvalue weighted by atomic mass is 32.2. The molecule has 2 unspecified atom stereocenters. The van der Waals surface area contributed by atoms with Gasteiger partial charge in [0.05, 0.1) is 0 Å². The van der Waals surface area contributed by atoms with Crippen molar-refractivity contribution in [3.63, 3.8) is 0 Å². The summed E-state index contributed by atoms with van der Waals surface area (Å²) in [7, 11) is 0. The quantitative estimate of drug-likeness (QED) is 0.655. The fraction of sp³-hybridized carbons (Fsp3) is 0.857. The number of aliphatic carboxylic acids is 1. The standard InChI is InChI=1S/C7H15NO2S/c1-3-6(7(9)10)11-5(2)4-8/h5-6H,3-4,8H2,1-2H3,(H,9,10). The van der Waals surface area contributed by atoms with Crippen LogP contribution in [0, 0.1) is 0 Å². The normalized spacial score (nSPS) is 15.9. The second kappa shape index (κ2) is 5.43. The Labute approximate surface area is 71.3 Å². The van der Waals surface area contributed by atoms with E-state index in [0.717, 1.165) is 0 Å². The molecule has 0 aromatic heterocycles. The van der Waals surface area contributed by atoms with Crippen molar-refractivity contribution in [1.29, 1.82) is 0 Å². The lowest BCUT2D eigenvalue weighted by Crippen LogP contribution is -2.22. The molecule has 0 aliphatic carbocycles. The minimum Gasteiger partial charge on any atom is -0.480 e. The topological polar surface area (TPSA) is 63.3 Å². The maximum absolute atomic E-state index is 10.5. The molecule has 0 aromatic rings. The highest BCUT2D eigenvalue weighted by Gasteiger charge is 2.17. The Hall–Kier alpha value is -0.220. The highest BCUT2D eigenvalue weighted by Crippen LogP contribution is 2.19. The Morgan fingerprint density at radius 2 is 2.27 bits per heavy atom. The molecule has 0 saturated carbocycles. The van der Waals surface area contributed by atoms with E-state index < -0.39 is 5.97 Å². The summed E-state index contributed by atoms with van der Waals surface area (Å²) in [5, 5.41) is 8.59. The number of thioether (sulfide) groups is 1. The number of carbonyl (C=O) groups is 1. The van der Waals surface area contributed by atoms with Crippen molar-refractivity contribution in [2.45, 2.75) is 30.8 Å². The number of hydrogen-bond donors (Lipinski definition) is 2. The second-order valence-corrected chi connectivity index (χ2v) is 4.06. The maximum Gasteiger partial charge on any atom is 0.316 e. The molecule has 0 aliphatic heterocycles. The van der Waals surface area contributed by atoms with E-state index >= 15 is 0 Å². The van der Waals surface area contributed by atoms with E-state index in [9.17, 15) is 4.79 Å². The Balaban J connectivity index is 3.77. The molecule has 66 valence electrons. The number of nitrogens with two attached hydrogens (primary N) is 1. The van der Waals surface area contributed by atoms with Gasteiger partial charge in [-0.25, -0.2) is 0 Å². The van der Waals surface area contributed by atoms with E-state index in [1.807, 2.05) is 13.8 Å². The molecular formula is C7H15NO2S. The van der Waals surface area contributed by atoms with Crippen molar-refractivity contribution < 1.29 is 9.90 Å². The van der Waals surface area contributed by atoms with Crippen LogP contribution < -0.4 is 5.73 Å². The Bertz CT molecular complexity index is 130. The van der Waals surface area contributed by atoms with Gasteiger partial charge in [0.25, 0.3) is 0 Å². The molecule has 11 heavy (non-hydrogen) atoms. The fourth-order valence-corrected chi connectivity index (χ4v) is 1.65. The van der Waals surface area contributed by atoms with Crippen molar-refractivity contribution in [2.75, 3.05) is 6.54 Å². The molecule has 0 radical (unpaired) electrons. The van der Waals surface area contributed by atoms with Crippen molar-refractivity contribution in [2.24, 2.45) is 5.73 Å². The summed E-state index contributed by atoms with van der Waals surface area (Å²) < 4.78 is 0. The predicted octanol–water partition coefficient (Wildman–Crippen LogP) is 0.930. The van der Waals surface area contributed by atoms with Crippen LogP contribution in [0.5, 0.6) is 0 Å². The lowest BCUT2D eigenvalue weighted by Gasteiger charge is -2.13. The van der Waals surface area contributed by atoms with Gasteiger partial charge in [0.15, 0.2) is 0 Å². The van der Waals surface area contributed by atoms with Gasteiger partial charge in [0, 0.05) is 11.8 Å². The lowest BCUT2D eigenvalue weighted by atomic mass is 10.3. The van der Waals surface area contributed by atoms with E-state index in [0.29, 0.717) is 13.0 Å². The van der Waals surface area contributed by atoms with Crippen LogP contribution in [0.15, 0.2) is 0 Å². The van der Waals surface area contributed by atoms with E-state index in [1.165, 1.54) is 11.8 Å². The summed E-state index contributed by atoms with van der Waals surface area (Å²) in [6, 6.07) is 0. The molecule has 0 bridgehead atoms. The van der Waals surface area contributed by atoms with Gasteiger partial charge in [-0.1, -0.05) is 13.8 Å². The first-order valence-corrected chi connectivity index (χ1v) is 4.64. The molecule has 0 aliphatic rings. The molecule has 0 heterocycles. The van der Waals surface area contributed by atoms with Crippen LogP contribution in [0.2, 0.25) is 0 Å². The molecule has 0 spiro atoms. The number of carboxylic acid groups (broad SMARTS) is 1. The highest BCUT2D eigenvalue weighted by molar-refractivity contribution is 8.01. The molecule has 0 amide bonds. The third-order valence-electron chi connectivity index (χ3n) is 1.37. The van der Waals surface area contributed by atoms with Gasteiger partial charge < -0.3 is 10.8 Å². The van der Waals surface area contributed by atoms with Crippen LogP contribution in [0.3, 0.4) is 0 Å². The van der Waals surface area contributed by atoms with Crippen molar-refractivity contribution in [3.8, 4) is 0 Å². The number of rotatable bonds is 5. The number of carboxylic acids is 1. The lowest BCUT2D eigenvalue weighted by molar-refractivity contribution is -0.136. The van der Waals surface area contributed by atoms with Gasteiger partial charge in [0.2, 0.25) is 0 Å². The summed E-state index contributed by atoms with van der Waals surface area (Å²) in [6.45, 7) is 4.35. The summed E-state index contributed by atoms with van der Waals surface area (Å²) in [5.74, 6) is -0.738. The molecule has 3 N–H and O–H groups in total. The third-order valence-corrected chi connectivity index (χ3v) is 2.90. The van der Waals surface area contributed by atoms with Crippen LogP contribution in [-0.4, -0.2) is 28.1 Å². The van der Waals surface area contributed by atoms with Crippen LogP contribution in [0.4, 0.5) is 0 Å². The van der Waals surface area contributed by atoms with Gasteiger partial charge in [-0.05, 0) is 6.42 Å². The zero-order valence-corrected chi connectivity index (χ0v) is 7.73.